The van der Waals surface area contributed by atoms with Crippen LogP contribution in [0.1, 0.15) is 31.2 Å². The minimum absolute atomic E-state index is 0.0323. The predicted octanol–water partition coefficient (Wildman–Crippen LogP) is 1.50. The molecule has 0 unspecified atom stereocenters. The highest BCUT2D eigenvalue weighted by Gasteiger charge is 2.21. The fourth-order valence-electron chi connectivity index (χ4n) is 1.95. The van der Waals surface area contributed by atoms with Crippen LogP contribution in [0.25, 0.3) is 0 Å². The maximum atomic E-state index is 12.1. The summed E-state index contributed by atoms with van der Waals surface area (Å²) in [6, 6.07) is 6.49. The maximum absolute atomic E-state index is 12.1. The second-order valence-electron chi connectivity index (χ2n) is 4.95. The van der Waals surface area contributed by atoms with E-state index >= 15 is 0 Å². The first-order valence-electron chi connectivity index (χ1n) is 6.81. The molecule has 1 aromatic carbocycles. The monoisotopic (exact) mass is 293 g/mol. The number of nitrogens with one attached hydrogen (secondary N) is 1. The number of hydrogen-bond acceptors (Lipinski definition) is 3. The zero-order valence-electron chi connectivity index (χ0n) is 11.3. The van der Waals surface area contributed by atoms with Gasteiger partial charge in [0.1, 0.15) is 0 Å². The molecule has 1 fully saturated rings. The summed E-state index contributed by atoms with van der Waals surface area (Å²) in [4.78, 5) is 0.268. The summed E-state index contributed by atoms with van der Waals surface area (Å²) in [6.45, 7) is 0.560. The Morgan fingerprint density at radius 2 is 1.95 bits per heavy atom. The van der Waals surface area contributed by atoms with Gasteiger partial charge in [-0.15, -0.1) is 0 Å². The normalized spacial score (nSPS) is 15.2. The zero-order chi connectivity index (χ0) is 14.4. The van der Waals surface area contributed by atoms with Gasteiger partial charge in [0.25, 0.3) is 0 Å². The average molecular weight is 293 g/mol. The Balaban J connectivity index is 1.99. The molecule has 1 aromatic rings. The van der Waals surface area contributed by atoms with Crippen molar-refractivity contribution in [2.45, 2.75) is 30.6 Å². The van der Waals surface area contributed by atoms with Crippen molar-refractivity contribution in [1.29, 1.82) is 0 Å². The molecule has 0 bridgehead atoms. The molecule has 0 atom stereocenters. The standard InChI is InChI=1S/C15H19NO3S/c17-11-2-1-4-13-7-9-15(10-8-13)20(18,19)16-12-14-5-3-6-14/h7-10,14,16-17H,2-3,5-6,11-12H2. The number of rotatable bonds is 5. The second-order valence-corrected chi connectivity index (χ2v) is 6.72. The fourth-order valence-corrected chi connectivity index (χ4v) is 3.06. The smallest absolute Gasteiger partial charge is 0.240 e. The van der Waals surface area contributed by atoms with E-state index in [-0.39, 0.29) is 11.5 Å². The molecule has 0 spiro atoms. The van der Waals surface area contributed by atoms with E-state index in [1.165, 1.54) is 6.42 Å². The van der Waals surface area contributed by atoms with E-state index in [4.69, 9.17) is 5.11 Å². The van der Waals surface area contributed by atoms with Gasteiger partial charge >= 0.3 is 0 Å². The van der Waals surface area contributed by atoms with E-state index in [0.717, 1.165) is 18.4 Å². The first kappa shape index (κ1) is 15.0. The van der Waals surface area contributed by atoms with Crippen LogP contribution in [0.5, 0.6) is 0 Å². The van der Waals surface area contributed by atoms with Crippen LogP contribution in [-0.2, 0) is 10.0 Å². The highest BCUT2D eigenvalue weighted by molar-refractivity contribution is 7.89. The highest BCUT2D eigenvalue weighted by Crippen LogP contribution is 2.25. The van der Waals surface area contributed by atoms with Gasteiger partial charge in [-0.25, -0.2) is 13.1 Å². The maximum Gasteiger partial charge on any atom is 0.240 e. The van der Waals surface area contributed by atoms with Crippen LogP contribution in [0.2, 0.25) is 0 Å². The van der Waals surface area contributed by atoms with Crippen molar-refractivity contribution in [3.63, 3.8) is 0 Å². The summed E-state index contributed by atoms with van der Waals surface area (Å²) < 4.78 is 26.8. The Bertz CT molecular complexity index is 592. The summed E-state index contributed by atoms with van der Waals surface area (Å²) in [5.41, 5.74) is 0.747. The van der Waals surface area contributed by atoms with Crippen LogP contribution in [-0.4, -0.2) is 26.7 Å². The molecule has 0 saturated heterocycles. The van der Waals surface area contributed by atoms with E-state index in [1.807, 2.05) is 0 Å². The van der Waals surface area contributed by atoms with Crippen LogP contribution in [0.4, 0.5) is 0 Å². The summed E-state index contributed by atoms with van der Waals surface area (Å²) in [5.74, 6) is 6.16. The number of benzene rings is 1. The van der Waals surface area contributed by atoms with Gasteiger partial charge in [-0.3, -0.25) is 0 Å². The van der Waals surface area contributed by atoms with Crippen molar-refractivity contribution in [2.24, 2.45) is 5.92 Å². The molecule has 0 radical (unpaired) electrons. The Hall–Kier alpha value is -1.35. The van der Waals surface area contributed by atoms with Gasteiger partial charge < -0.3 is 5.11 Å². The number of sulfonamides is 1. The van der Waals surface area contributed by atoms with E-state index < -0.39 is 10.0 Å². The third-order valence-electron chi connectivity index (χ3n) is 3.42. The van der Waals surface area contributed by atoms with Crippen LogP contribution in [0.3, 0.4) is 0 Å². The Morgan fingerprint density at radius 3 is 2.50 bits per heavy atom. The van der Waals surface area contributed by atoms with Crippen molar-refractivity contribution >= 4 is 10.0 Å². The van der Waals surface area contributed by atoms with Gasteiger partial charge in [-0.05, 0) is 43.0 Å². The SMILES string of the molecule is O=S(=O)(NCC1CCC1)c1ccc(C#CCCO)cc1. The Labute approximate surface area is 120 Å². The van der Waals surface area contributed by atoms with Crippen LogP contribution < -0.4 is 4.72 Å². The molecule has 0 amide bonds. The third-order valence-corrected chi connectivity index (χ3v) is 4.86. The van der Waals surface area contributed by atoms with Crippen LogP contribution in [0.15, 0.2) is 29.2 Å². The minimum Gasteiger partial charge on any atom is -0.395 e. The fraction of sp³-hybridized carbons (Fsp3) is 0.467. The Morgan fingerprint density at radius 1 is 1.25 bits per heavy atom. The largest absolute Gasteiger partial charge is 0.395 e. The molecule has 20 heavy (non-hydrogen) atoms. The minimum atomic E-state index is -3.41. The molecule has 2 rings (SSSR count). The van der Waals surface area contributed by atoms with Crippen molar-refractivity contribution in [3.8, 4) is 11.8 Å². The zero-order valence-corrected chi connectivity index (χ0v) is 12.1. The number of hydrogen-bond donors (Lipinski definition) is 2. The van der Waals surface area contributed by atoms with E-state index in [1.54, 1.807) is 24.3 Å². The van der Waals surface area contributed by atoms with E-state index in [9.17, 15) is 8.42 Å². The van der Waals surface area contributed by atoms with Crippen molar-refractivity contribution in [3.05, 3.63) is 29.8 Å². The molecule has 1 aliphatic carbocycles. The first-order chi connectivity index (χ1) is 9.62. The molecule has 1 aliphatic rings. The van der Waals surface area contributed by atoms with Crippen molar-refractivity contribution in [1.82, 2.24) is 4.72 Å². The van der Waals surface area contributed by atoms with E-state index in [2.05, 4.69) is 16.6 Å². The quantitative estimate of drug-likeness (QED) is 0.809. The molecule has 1 saturated carbocycles. The molecule has 2 N–H and O–H groups in total. The second kappa shape index (κ2) is 6.89. The van der Waals surface area contributed by atoms with Gasteiger partial charge in [0.05, 0.1) is 11.5 Å². The highest BCUT2D eigenvalue weighted by atomic mass is 32.2. The lowest BCUT2D eigenvalue weighted by atomic mass is 9.86. The molecule has 0 heterocycles. The average Bonchev–Trinajstić information content (AvgIpc) is 2.38. The van der Waals surface area contributed by atoms with Gasteiger partial charge in [0, 0.05) is 18.5 Å². The molecule has 0 aromatic heterocycles. The lowest BCUT2D eigenvalue weighted by Gasteiger charge is -2.25. The van der Waals surface area contributed by atoms with Gasteiger partial charge in [0.15, 0.2) is 0 Å². The predicted molar refractivity (Wildman–Crippen MR) is 77.6 cm³/mol. The van der Waals surface area contributed by atoms with E-state index in [0.29, 0.717) is 18.9 Å². The molecule has 0 aliphatic heterocycles. The van der Waals surface area contributed by atoms with Gasteiger partial charge in [0.2, 0.25) is 10.0 Å². The number of aliphatic hydroxyl groups is 1. The molecule has 108 valence electrons. The lowest BCUT2D eigenvalue weighted by Crippen LogP contribution is -2.32. The van der Waals surface area contributed by atoms with Gasteiger partial charge in [-0.2, -0.15) is 0 Å². The topological polar surface area (TPSA) is 66.4 Å². The molecule has 4 nitrogen and oxygen atoms in total. The number of aliphatic hydroxyl groups excluding tert-OH is 1. The summed E-state index contributed by atoms with van der Waals surface area (Å²) in [5, 5.41) is 8.63. The summed E-state index contributed by atoms with van der Waals surface area (Å²) >= 11 is 0. The van der Waals surface area contributed by atoms with Crippen LogP contribution >= 0.6 is 0 Å². The molecular weight excluding hydrogens is 274 g/mol. The lowest BCUT2D eigenvalue weighted by molar-refractivity contribution is 0.305. The van der Waals surface area contributed by atoms with Crippen molar-refractivity contribution in [2.75, 3.05) is 13.2 Å². The third kappa shape index (κ3) is 4.07. The Kier molecular flexibility index (Phi) is 5.18. The van der Waals surface area contributed by atoms with Gasteiger partial charge in [-0.1, -0.05) is 18.3 Å². The first-order valence-corrected chi connectivity index (χ1v) is 8.29. The molecule has 5 heteroatoms. The van der Waals surface area contributed by atoms with Crippen LogP contribution in [0, 0.1) is 17.8 Å². The molecular formula is C15H19NO3S. The summed E-state index contributed by atoms with van der Waals surface area (Å²) in [7, 11) is -3.41. The summed E-state index contributed by atoms with van der Waals surface area (Å²) in [6.07, 6.45) is 3.85. The van der Waals surface area contributed by atoms with Crippen molar-refractivity contribution < 1.29 is 13.5 Å².